The third kappa shape index (κ3) is 2.69. The smallest absolute Gasteiger partial charge is 0.0413 e. The van der Waals surface area contributed by atoms with Crippen LogP contribution in [0.5, 0.6) is 0 Å². The lowest BCUT2D eigenvalue weighted by Gasteiger charge is -2.29. The molecule has 0 amide bonds. The van der Waals surface area contributed by atoms with Crippen LogP contribution in [0.2, 0.25) is 0 Å². The highest BCUT2D eigenvalue weighted by molar-refractivity contribution is 14.1. The topological polar surface area (TPSA) is 0 Å². The Morgan fingerprint density at radius 2 is 1.85 bits per heavy atom. The molecule has 0 aliphatic heterocycles. The molecule has 1 heteroatoms. The van der Waals surface area contributed by atoms with E-state index in [1.807, 2.05) is 0 Å². The number of fused-ring (bicyclic) bond motifs is 4. The molecule has 0 heterocycles. The molecule has 0 fully saturated rings. The first kappa shape index (κ1) is 17.5. The molecule has 5 rings (SSSR count). The van der Waals surface area contributed by atoms with Gasteiger partial charge in [-0.2, -0.15) is 0 Å². The molecule has 0 aromatic heterocycles. The largest absolute Gasteiger partial charge is 0.0836 e. The van der Waals surface area contributed by atoms with Crippen LogP contribution in [0.1, 0.15) is 55.9 Å². The highest BCUT2D eigenvalue weighted by atomic mass is 127. The monoisotopic (exact) mass is 464 g/mol. The van der Waals surface area contributed by atoms with Crippen molar-refractivity contribution in [2.45, 2.75) is 48.9 Å². The van der Waals surface area contributed by atoms with Crippen molar-refractivity contribution in [3.63, 3.8) is 0 Å². The first-order chi connectivity index (χ1) is 12.9. The van der Waals surface area contributed by atoms with E-state index in [2.05, 4.69) is 104 Å². The van der Waals surface area contributed by atoms with Gasteiger partial charge in [-0.25, -0.2) is 0 Å². The second kappa shape index (κ2) is 5.94. The quantitative estimate of drug-likeness (QED) is 0.303. The molecule has 0 spiro atoms. The standard InChI is InChI=1S/C26H25I/c1-25(2)23-15-18(20-10-6-8-17-7-4-5-9-19(17)20)11-12-21(23)22-13-14-26(3,27)16-24(22)25/h5-6,8-13,15-16H,4,7,14H2,1-3H3/t26-/m0/s1. The van der Waals surface area contributed by atoms with Gasteiger partial charge >= 0.3 is 0 Å². The van der Waals surface area contributed by atoms with Crippen molar-refractivity contribution >= 4 is 34.2 Å². The Morgan fingerprint density at radius 3 is 2.70 bits per heavy atom. The number of aryl methyl sites for hydroxylation is 1. The average Bonchev–Trinajstić information content (AvgIpc) is 2.87. The molecular formula is C26H25I. The molecule has 3 aliphatic carbocycles. The maximum atomic E-state index is 2.59. The van der Waals surface area contributed by atoms with Crippen LogP contribution in [0.15, 0.2) is 60.2 Å². The summed E-state index contributed by atoms with van der Waals surface area (Å²) < 4.78 is 0.224. The Kier molecular flexibility index (Phi) is 3.85. The van der Waals surface area contributed by atoms with Crippen LogP contribution < -0.4 is 0 Å². The molecule has 2 aromatic rings. The minimum absolute atomic E-state index is 0.0642. The zero-order valence-electron chi connectivity index (χ0n) is 16.3. The fourth-order valence-corrected chi connectivity index (χ4v) is 5.48. The Labute approximate surface area is 176 Å². The van der Waals surface area contributed by atoms with Gasteiger partial charge in [-0.15, -0.1) is 0 Å². The van der Waals surface area contributed by atoms with Crippen LogP contribution in [0.4, 0.5) is 0 Å². The van der Waals surface area contributed by atoms with Gasteiger partial charge in [0.2, 0.25) is 0 Å². The summed E-state index contributed by atoms with van der Waals surface area (Å²) in [4.78, 5) is 0. The first-order valence-corrected chi connectivity index (χ1v) is 11.0. The number of benzene rings is 2. The maximum Gasteiger partial charge on any atom is 0.0413 e. The molecule has 2 aromatic carbocycles. The van der Waals surface area contributed by atoms with E-state index < -0.39 is 0 Å². The van der Waals surface area contributed by atoms with Gasteiger partial charge in [0.25, 0.3) is 0 Å². The van der Waals surface area contributed by atoms with E-state index in [9.17, 15) is 0 Å². The average molecular weight is 464 g/mol. The Balaban J connectivity index is 1.68. The Morgan fingerprint density at radius 1 is 1.00 bits per heavy atom. The van der Waals surface area contributed by atoms with Gasteiger partial charge in [0.1, 0.15) is 0 Å². The van der Waals surface area contributed by atoms with Crippen LogP contribution in [-0.4, -0.2) is 3.42 Å². The number of alkyl halides is 1. The van der Waals surface area contributed by atoms with Gasteiger partial charge in [-0.05, 0) is 76.8 Å². The van der Waals surface area contributed by atoms with Crippen molar-refractivity contribution < 1.29 is 0 Å². The van der Waals surface area contributed by atoms with Crippen LogP contribution in [-0.2, 0) is 11.8 Å². The summed E-state index contributed by atoms with van der Waals surface area (Å²) in [5.41, 5.74) is 11.6. The summed E-state index contributed by atoms with van der Waals surface area (Å²) in [6.07, 6.45) is 13.0. The molecule has 27 heavy (non-hydrogen) atoms. The lowest BCUT2D eigenvalue weighted by atomic mass is 9.78. The molecule has 0 nitrogen and oxygen atoms in total. The van der Waals surface area contributed by atoms with Crippen molar-refractivity contribution in [1.29, 1.82) is 0 Å². The van der Waals surface area contributed by atoms with E-state index in [1.165, 1.54) is 44.5 Å². The maximum absolute atomic E-state index is 2.59. The lowest BCUT2D eigenvalue weighted by Crippen LogP contribution is -2.22. The van der Waals surface area contributed by atoms with Crippen molar-refractivity contribution in [2.24, 2.45) is 0 Å². The fourth-order valence-electron chi connectivity index (χ4n) is 4.95. The summed E-state index contributed by atoms with van der Waals surface area (Å²) in [6, 6.07) is 13.9. The van der Waals surface area contributed by atoms with Gasteiger partial charge in [0.15, 0.2) is 0 Å². The van der Waals surface area contributed by atoms with Crippen molar-refractivity contribution in [3.05, 3.63) is 82.5 Å². The van der Waals surface area contributed by atoms with Gasteiger partial charge in [-0.3, -0.25) is 0 Å². The summed E-state index contributed by atoms with van der Waals surface area (Å²) in [6.45, 7) is 7.11. The predicted molar refractivity (Wildman–Crippen MR) is 125 cm³/mol. The molecular weight excluding hydrogens is 439 g/mol. The van der Waals surface area contributed by atoms with Crippen LogP contribution in [0.25, 0.3) is 22.8 Å². The highest BCUT2D eigenvalue weighted by Gasteiger charge is 2.41. The molecule has 0 saturated heterocycles. The fraction of sp³-hybridized carbons (Fsp3) is 0.308. The number of halogens is 1. The molecule has 0 radical (unpaired) electrons. The van der Waals surface area contributed by atoms with Gasteiger partial charge in [0.05, 0.1) is 0 Å². The summed E-state index contributed by atoms with van der Waals surface area (Å²) in [5, 5.41) is 0. The molecule has 1 atom stereocenters. The highest BCUT2D eigenvalue weighted by Crippen LogP contribution is 2.54. The molecule has 136 valence electrons. The minimum Gasteiger partial charge on any atom is -0.0836 e. The van der Waals surface area contributed by atoms with Gasteiger partial charge in [-0.1, -0.05) is 91.1 Å². The first-order valence-electron chi connectivity index (χ1n) is 9.93. The lowest BCUT2D eigenvalue weighted by molar-refractivity contribution is 0.647. The number of allylic oxidation sites excluding steroid dienone is 5. The van der Waals surface area contributed by atoms with E-state index in [1.54, 1.807) is 0 Å². The van der Waals surface area contributed by atoms with Crippen molar-refractivity contribution in [1.82, 2.24) is 0 Å². The van der Waals surface area contributed by atoms with Crippen molar-refractivity contribution in [3.8, 4) is 11.1 Å². The second-order valence-electron chi connectivity index (χ2n) is 8.86. The predicted octanol–water partition coefficient (Wildman–Crippen LogP) is 7.51. The van der Waals surface area contributed by atoms with E-state index in [4.69, 9.17) is 0 Å². The normalized spacial score (nSPS) is 24.6. The van der Waals surface area contributed by atoms with E-state index in [0.29, 0.717) is 0 Å². The second-order valence-corrected chi connectivity index (χ2v) is 11.3. The summed E-state index contributed by atoms with van der Waals surface area (Å²) >= 11 is 2.59. The number of hydrogen-bond donors (Lipinski definition) is 0. The van der Waals surface area contributed by atoms with Gasteiger partial charge in [0, 0.05) is 8.84 Å². The minimum atomic E-state index is 0.0642. The van der Waals surface area contributed by atoms with Crippen LogP contribution in [0.3, 0.4) is 0 Å². The third-order valence-electron chi connectivity index (χ3n) is 6.47. The molecule has 3 aliphatic rings. The molecule has 0 N–H and O–H groups in total. The number of hydrogen-bond acceptors (Lipinski definition) is 0. The molecule has 0 unspecified atom stereocenters. The third-order valence-corrected chi connectivity index (χ3v) is 7.22. The zero-order valence-corrected chi connectivity index (χ0v) is 18.4. The van der Waals surface area contributed by atoms with Gasteiger partial charge < -0.3 is 0 Å². The SMILES string of the molecule is CC1(C)C2=C[C@@](C)(I)CC=C2c2ccc(-c3cccc4c3C=CCC4)cc21. The molecule has 0 saturated carbocycles. The Bertz CT molecular complexity index is 1040. The molecule has 0 bridgehead atoms. The van der Waals surface area contributed by atoms with Crippen LogP contribution >= 0.6 is 22.6 Å². The van der Waals surface area contributed by atoms with E-state index in [0.717, 1.165) is 19.3 Å². The van der Waals surface area contributed by atoms with E-state index in [-0.39, 0.29) is 8.84 Å². The zero-order chi connectivity index (χ0) is 18.8. The van der Waals surface area contributed by atoms with E-state index >= 15 is 0 Å². The summed E-state index contributed by atoms with van der Waals surface area (Å²) in [5.74, 6) is 0. The van der Waals surface area contributed by atoms with Crippen LogP contribution in [0, 0.1) is 0 Å². The Hall–Kier alpha value is -1.61. The number of rotatable bonds is 1. The summed E-state index contributed by atoms with van der Waals surface area (Å²) in [7, 11) is 0. The van der Waals surface area contributed by atoms with Crippen molar-refractivity contribution in [2.75, 3.05) is 0 Å².